The average molecular weight is 187 g/mol. The minimum absolute atomic E-state index is 0.209. The van der Waals surface area contributed by atoms with Gasteiger partial charge in [-0.2, -0.15) is 0 Å². The third-order valence-electron chi connectivity index (χ3n) is 2.69. The predicted octanol–water partition coefficient (Wildman–Crippen LogP) is 0.285. The van der Waals surface area contributed by atoms with Crippen LogP contribution in [0.15, 0.2) is 0 Å². The van der Waals surface area contributed by atoms with E-state index in [-0.39, 0.29) is 5.92 Å². The number of hydrogen-bond acceptors (Lipinski definition) is 3. The van der Waals surface area contributed by atoms with Gasteiger partial charge in [-0.05, 0) is 5.92 Å². The molecule has 0 radical (unpaired) electrons. The zero-order chi connectivity index (χ0) is 9.84. The molecular weight excluding hydrogens is 170 g/mol. The van der Waals surface area contributed by atoms with Crippen LogP contribution in [-0.4, -0.2) is 49.3 Å². The van der Waals surface area contributed by atoms with Crippen LogP contribution in [0.4, 0.5) is 0 Å². The molecule has 1 atom stereocenters. The highest BCUT2D eigenvalue weighted by molar-refractivity contribution is 5.70. The van der Waals surface area contributed by atoms with Gasteiger partial charge in [-0.15, -0.1) is 0 Å². The molecule has 1 aliphatic rings. The molecule has 4 heteroatoms. The normalized spacial score (nSPS) is 21.1. The van der Waals surface area contributed by atoms with E-state index in [9.17, 15) is 4.79 Å². The van der Waals surface area contributed by atoms with Crippen LogP contribution in [0.25, 0.3) is 0 Å². The Morgan fingerprint density at radius 2 is 2.31 bits per heavy atom. The van der Waals surface area contributed by atoms with Crippen molar-refractivity contribution in [2.45, 2.75) is 6.92 Å². The van der Waals surface area contributed by atoms with Gasteiger partial charge in [0.15, 0.2) is 0 Å². The molecule has 0 aromatic heterocycles. The summed E-state index contributed by atoms with van der Waals surface area (Å²) in [6.07, 6.45) is 0. The van der Waals surface area contributed by atoms with E-state index in [1.54, 1.807) is 14.0 Å². The van der Waals surface area contributed by atoms with E-state index in [1.165, 1.54) is 0 Å². The second-order valence-electron chi connectivity index (χ2n) is 3.64. The number of methoxy groups -OCH3 is 1. The fourth-order valence-electron chi connectivity index (χ4n) is 1.53. The van der Waals surface area contributed by atoms with Gasteiger partial charge in [-0.3, -0.25) is 4.79 Å². The predicted molar refractivity (Wildman–Crippen MR) is 48.6 cm³/mol. The molecule has 0 aliphatic carbocycles. The van der Waals surface area contributed by atoms with Gasteiger partial charge in [0.05, 0.1) is 12.5 Å². The maximum Gasteiger partial charge on any atom is 0.306 e. The highest BCUT2D eigenvalue weighted by Gasteiger charge is 2.33. The topological polar surface area (TPSA) is 49.8 Å². The van der Waals surface area contributed by atoms with Gasteiger partial charge in [0.25, 0.3) is 0 Å². The lowest BCUT2D eigenvalue weighted by Gasteiger charge is -2.41. The molecule has 1 aliphatic heterocycles. The Kier molecular flexibility index (Phi) is 3.69. The summed E-state index contributed by atoms with van der Waals surface area (Å²) in [7, 11) is 1.68. The summed E-state index contributed by atoms with van der Waals surface area (Å²) in [6.45, 7) is 5.22. The van der Waals surface area contributed by atoms with Crippen LogP contribution >= 0.6 is 0 Å². The molecule has 1 N–H and O–H groups in total. The summed E-state index contributed by atoms with van der Waals surface area (Å²) in [5.41, 5.74) is 0. The second kappa shape index (κ2) is 4.58. The molecule has 13 heavy (non-hydrogen) atoms. The molecule has 1 heterocycles. The number of nitrogens with zero attached hydrogens (tertiary/aromatic N) is 1. The number of aliphatic carboxylic acids is 1. The third kappa shape index (κ3) is 2.67. The highest BCUT2D eigenvalue weighted by atomic mass is 16.5. The van der Waals surface area contributed by atoms with Crippen molar-refractivity contribution < 1.29 is 14.6 Å². The van der Waals surface area contributed by atoms with Crippen LogP contribution in [0.5, 0.6) is 0 Å². The molecule has 1 saturated heterocycles. The molecule has 1 rings (SSSR count). The molecule has 0 bridgehead atoms. The summed E-state index contributed by atoms with van der Waals surface area (Å²) >= 11 is 0. The number of carbonyl (C=O) groups is 1. The van der Waals surface area contributed by atoms with Crippen LogP contribution in [0.3, 0.4) is 0 Å². The number of hydrogen-bond donors (Lipinski definition) is 1. The average Bonchev–Trinajstić information content (AvgIpc) is 2.01. The summed E-state index contributed by atoms with van der Waals surface area (Å²) in [6, 6.07) is 0. The van der Waals surface area contributed by atoms with Crippen molar-refractivity contribution in [3.8, 4) is 0 Å². The summed E-state index contributed by atoms with van der Waals surface area (Å²) in [5, 5.41) is 8.74. The van der Waals surface area contributed by atoms with Crippen molar-refractivity contribution in [3.63, 3.8) is 0 Å². The van der Waals surface area contributed by atoms with E-state index in [1.807, 2.05) is 0 Å². The Morgan fingerprint density at radius 1 is 1.69 bits per heavy atom. The standard InChI is InChI=1S/C9H17NO3/c1-7(9(11)12)8-5-10(6-8)3-4-13-2/h7-8H,3-6H2,1-2H3,(H,11,12). The van der Waals surface area contributed by atoms with Gasteiger partial charge in [-0.1, -0.05) is 6.92 Å². The van der Waals surface area contributed by atoms with Gasteiger partial charge < -0.3 is 14.7 Å². The fraction of sp³-hybridized carbons (Fsp3) is 0.889. The SMILES string of the molecule is COCCN1CC(C(C)C(=O)O)C1. The summed E-state index contributed by atoms with van der Waals surface area (Å²) in [5.74, 6) is -0.565. The molecule has 1 unspecified atom stereocenters. The molecule has 0 aromatic carbocycles. The Balaban J connectivity index is 2.14. The number of carboxylic acids is 1. The monoisotopic (exact) mass is 187 g/mol. The third-order valence-corrected chi connectivity index (χ3v) is 2.69. The molecule has 76 valence electrons. The van der Waals surface area contributed by atoms with Gasteiger partial charge in [0.1, 0.15) is 0 Å². The quantitative estimate of drug-likeness (QED) is 0.672. The molecule has 1 fully saturated rings. The minimum Gasteiger partial charge on any atom is -0.481 e. The number of carboxylic acid groups (broad SMARTS) is 1. The minimum atomic E-state index is -0.684. The molecule has 0 spiro atoms. The van der Waals surface area contributed by atoms with Crippen molar-refractivity contribution in [2.75, 3.05) is 33.4 Å². The van der Waals surface area contributed by atoms with Crippen LogP contribution in [0, 0.1) is 11.8 Å². The molecule has 0 saturated carbocycles. The first-order chi connectivity index (χ1) is 6.15. The zero-order valence-corrected chi connectivity index (χ0v) is 8.19. The van der Waals surface area contributed by atoms with Crippen LogP contribution in [0.2, 0.25) is 0 Å². The first kappa shape index (κ1) is 10.5. The van der Waals surface area contributed by atoms with Crippen molar-refractivity contribution >= 4 is 5.97 Å². The van der Waals surface area contributed by atoms with Crippen LogP contribution in [-0.2, 0) is 9.53 Å². The lowest BCUT2D eigenvalue weighted by atomic mass is 9.87. The summed E-state index contributed by atoms with van der Waals surface area (Å²) < 4.78 is 4.93. The second-order valence-corrected chi connectivity index (χ2v) is 3.64. The fourth-order valence-corrected chi connectivity index (χ4v) is 1.53. The van der Waals surface area contributed by atoms with Crippen molar-refractivity contribution in [1.29, 1.82) is 0 Å². The number of likely N-dealkylation sites (tertiary alicyclic amines) is 1. The Labute approximate surface area is 78.5 Å². The van der Waals surface area contributed by atoms with Crippen molar-refractivity contribution in [2.24, 2.45) is 11.8 Å². The van der Waals surface area contributed by atoms with E-state index in [4.69, 9.17) is 9.84 Å². The largest absolute Gasteiger partial charge is 0.481 e. The van der Waals surface area contributed by atoms with E-state index in [2.05, 4.69) is 4.90 Å². The van der Waals surface area contributed by atoms with E-state index in [0.717, 1.165) is 26.2 Å². The number of ether oxygens (including phenoxy) is 1. The first-order valence-corrected chi connectivity index (χ1v) is 4.59. The van der Waals surface area contributed by atoms with Crippen molar-refractivity contribution in [3.05, 3.63) is 0 Å². The smallest absolute Gasteiger partial charge is 0.306 e. The molecular formula is C9H17NO3. The van der Waals surface area contributed by atoms with Crippen LogP contribution < -0.4 is 0 Å². The van der Waals surface area contributed by atoms with Crippen LogP contribution in [0.1, 0.15) is 6.92 Å². The van der Waals surface area contributed by atoms with E-state index >= 15 is 0 Å². The van der Waals surface area contributed by atoms with E-state index < -0.39 is 5.97 Å². The molecule has 0 amide bonds. The van der Waals surface area contributed by atoms with Gasteiger partial charge >= 0.3 is 5.97 Å². The first-order valence-electron chi connectivity index (χ1n) is 4.59. The summed E-state index contributed by atoms with van der Waals surface area (Å²) in [4.78, 5) is 12.8. The number of rotatable bonds is 5. The lowest BCUT2D eigenvalue weighted by molar-refractivity contribution is -0.145. The van der Waals surface area contributed by atoms with Gasteiger partial charge in [-0.25, -0.2) is 0 Å². The highest BCUT2D eigenvalue weighted by Crippen LogP contribution is 2.23. The maximum absolute atomic E-state index is 10.6. The van der Waals surface area contributed by atoms with E-state index in [0.29, 0.717) is 5.92 Å². The Hall–Kier alpha value is -0.610. The maximum atomic E-state index is 10.6. The Bertz CT molecular complexity index is 178. The lowest BCUT2D eigenvalue weighted by Crippen LogP contribution is -2.51. The van der Waals surface area contributed by atoms with Gasteiger partial charge in [0, 0.05) is 26.7 Å². The molecule has 4 nitrogen and oxygen atoms in total. The van der Waals surface area contributed by atoms with Gasteiger partial charge in [0.2, 0.25) is 0 Å². The Morgan fingerprint density at radius 3 is 2.77 bits per heavy atom. The van der Waals surface area contributed by atoms with Crippen molar-refractivity contribution in [1.82, 2.24) is 4.90 Å². The zero-order valence-electron chi connectivity index (χ0n) is 8.19. The molecule has 0 aromatic rings.